The molecule has 0 bridgehead atoms. The lowest BCUT2D eigenvalue weighted by molar-refractivity contribution is 0.467. The van der Waals surface area contributed by atoms with E-state index in [2.05, 4.69) is 16.9 Å². The molecule has 4 nitrogen and oxygen atoms in total. The fourth-order valence-electron chi connectivity index (χ4n) is 3.80. The molecule has 0 saturated heterocycles. The molecule has 7 heteroatoms. The van der Waals surface area contributed by atoms with Crippen molar-refractivity contribution in [2.75, 3.05) is 5.75 Å². The normalized spacial score (nSPS) is 19.4. The van der Waals surface area contributed by atoms with Crippen LogP contribution in [0.25, 0.3) is 0 Å². The van der Waals surface area contributed by atoms with E-state index in [0.29, 0.717) is 23.0 Å². The molecule has 2 unspecified atom stereocenters. The van der Waals surface area contributed by atoms with E-state index in [1.54, 1.807) is 0 Å². The number of halogens is 2. The van der Waals surface area contributed by atoms with Crippen LogP contribution in [0.1, 0.15) is 47.9 Å². The van der Waals surface area contributed by atoms with Crippen LogP contribution in [-0.2, 0) is 29.4 Å². The predicted octanol–water partition coefficient (Wildman–Crippen LogP) is 4.42. The molecule has 0 aromatic heterocycles. The number of benzene rings is 2. The van der Waals surface area contributed by atoms with Gasteiger partial charge >= 0.3 is 0 Å². The van der Waals surface area contributed by atoms with E-state index in [9.17, 15) is 8.42 Å². The zero-order chi connectivity index (χ0) is 20.3. The van der Waals surface area contributed by atoms with Crippen LogP contribution in [-0.4, -0.2) is 20.2 Å². The summed E-state index contributed by atoms with van der Waals surface area (Å²) in [5.74, 6) is 0.302. The number of nitrogens with two attached hydrogens (primary N) is 1. The highest BCUT2D eigenvalue weighted by Gasteiger charge is 2.27. The molecule has 2 atom stereocenters. The van der Waals surface area contributed by atoms with Gasteiger partial charge in [0.05, 0.1) is 15.8 Å². The summed E-state index contributed by atoms with van der Waals surface area (Å²) < 4.78 is 26.6. The Labute approximate surface area is 177 Å². The molecule has 1 aliphatic rings. The first-order valence-electron chi connectivity index (χ1n) is 9.57. The van der Waals surface area contributed by atoms with Gasteiger partial charge in [-0.05, 0) is 60.1 Å². The van der Waals surface area contributed by atoms with Crippen LogP contribution in [0.4, 0.5) is 0 Å². The fraction of sp³-hybridized carbons (Fsp3) is 0.429. The third-order valence-electron chi connectivity index (χ3n) is 5.28. The minimum atomic E-state index is -3.23. The van der Waals surface area contributed by atoms with Crippen molar-refractivity contribution in [3.63, 3.8) is 0 Å². The van der Waals surface area contributed by atoms with Crippen molar-refractivity contribution >= 4 is 33.2 Å². The van der Waals surface area contributed by atoms with Crippen LogP contribution in [0.5, 0.6) is 0 Å². The first-order valence-corrected chi connectivity index (χ1v) is 12.0. The van der Waals surface area contributed by atoms with Crippen LogP contribution in [0, 0.1) is 0 Å². The first-order chi connectivity index (χ1) is 13.3. The van der Waals surface area contributed by atoms with Gasteiger partial charge in [0.1, 0.15) is 0 Å². The first kappa shape index (κ1) is 21.6. The molecular weight excluding hydrogens is 415 g/mol. The molecule has 0 saturated carbocycles. The average molecular weight is 441 g/mol. The lowest BCUT2D eigenvalue weighted by Crippen LogP contribution is -2.34. The van der Waals surface area contributed by atoms with Gasteiger partial charge < -0.3 is 5.73 Å². The maximum Gasteiger partial charge on any atom is 0.211 e. The molecule has 0 spiro atoms. The van der Waals surface area contributed by atoms with E-state index in [0.717, 1.165) is 30.4 Å². The SMILES string of the molecule is CCCS(=O)(=O)NCc1ccc2c(c1)C(Cc1ccc(Cl)c(Cl)c1)C(N)CC2. The van der Waals surface area contributed by atoms with Gasteiger partial charge in [0, 0.05) is 18.5 Å². The number of sulfonamides is 1. The van der Waals surface area contributed by atoms with Gasteiger partial charge in [0.15, 0.2) is 0 Å². The lowest BCUT2D eigenvalue weighted by atomic mass is 9.76. The van der Waals surface area contributed by atoms with Gasteiger partial charge in [-0.15, -0.1) is 0 Å². The molecule has 3 N–H and O–H groups in total. The van der Waals surface area contributed by atoms with Gasteiger partial charge in [-0.3, -0.25) is 0 Å². The van der Waals surface area contributed by atoms with E-state index in [-0.39, 0.29) is 17.7 Å². The highest BCUT2D eigenvalue weighted by molar-refractivity contribution is 7.89. The van der Waals surface area contributed by atoms with Crippen molar-refractivity contribution in [2.24, 2.45) is 5.73 Å². The monoisotopic (exact) mass is 440 g/mol. The summed E-state index contributed by atoms with van der Waals surface area (Å²) in [7, 11) is -3.23. The second-order valence-corrected chi connectivity index (χ2v) is 10.2. The Morgan fingerprint density at radius 1 is 1.11 bits per heavy atom. The Kier molecular flexibility index (Phi) is 7.05. The minimum Gasteiger partial charge on any atom is -0.327 e. The topological polar surface area (TPSA) is 72.2 Å². The highest BCUT2D eigenvalue weighted by Crippen LogP contribution is 2.35. The summed E-state index contributed by atoms with van der Waals surface area (Å²) in [4.78, 5) is 0. The van der Waals surface area contributed by atoms with Crippen molar-refractivity contribution in [3.8, 4) is 0 Å². The molecular formula is C21H26Cl2N2O2S. The number of rotatable bonds is 7. The standard InChI is InChI=1S/C21H26Cl2N2O2S/c1-2-9-28(26,27)25-13-15-3-5-16-6-8-21(24)18(17(16)11-15)10-14-4-7-19(22)20(23)12-14/h3-5,7,11-12,18,21,25H,2,6,8-10,13,24H2,1H3. The van der Waals surface area contributed by atoms with Crippen LogP contribution >= 0.6 is 23.2 Å². The quantitative estimate of drug-likeness (QED) is 0.668. The zero-order valence-corrected chi connectivity index (χ0v) is 18.2. The van der Waals surface area contributed by atoms with E-state index in [4.69, 9.17) is 28.9 Å². The minimum absolute atomic E-state index is 0.0500. The molecule has 28 heavy (non-hydrogen) atoms. The maximum atomic E-state index is 12.0. The van der Waals surface area contributed by atoms with Crippen molar-refractivity contribution in [2.45, 2.75) is 51.1 Å². The van der Waals surface area contributed by atoms with Crippen LogP contribution in [0.3, 0.4) is 0 Å². The summed E-state index contributed by atoms with van der Waals surface area (Å²) in [6.45, 7) is 2.15. The van der Waals surface area contributed by atoms with Crippen molar-refractivity contribution < 1.29 is 8.42 Å². The van der Waals surface area contributed by atoms with E-state index in [1.165, 1.54) is 11.1 Å². The molecule has 0 aliphatic heterocycles. The summed E-state index contributed by atoms with van der Waals surface area (Å²) in [5, 5.41) is 1.09. The Bertz CT molecular complexity index is 947. The van der Waals surface area contributed by atoms with Crippen LogP contribution < -0.4 is 10.5 Å². The summed E-state index contributed by atoms with van der Waals surface area (Å²) >= 11 is 12.2. The fourth-order valence-corrected chi connectivity index (χ4v) is 5.19. The third-order valence-corrected chi connectivity index (χ3v) is 7.55. The maximum absolute atomic E-state index is 12.0. The second kappa shape index (κ2) is 9.14. The van der Waals surface area contributed by atoms with Gasteiger partial charge in [-0.25, -0.2) is 13.1 Å². The van der Waals surface area contributed by atoms with E-state index < -0.39 is 10.0 Å². The summed E-state index contributed by atoms with van der Waals surface area (Å²) in [6, 6.07) is 11.9. The number of hydrogen-bond donors (Lipinski definition) is 2. The third kappa shape index (κ3) is 5.28. The number of fused-ring (bicyclic) bond motifs is 1. The molecule has 0 radical (unpaired) electrons. The number of nitrogens with one attached hydrogen (secondary N) is 1. The molecule has 0 fully saturated rings. The summed E-state index contributed by atoms with van der Waals surface area (Å²) in [5.41, 5.74) is 11.0. The van der Waals surface area contributed by atoms with E-state index in [1.807, 2.05) is 31.2 Å². The van der Waals surface area contributed by atoms with Gasteiger partial charge in [0.2, 0.25) is 10.0 Å². The van der Waals surface area contributed by atoms with E-state index >= 15 is 0 Å². The Morgan fingerprint density at radius 3 is 2.57 bits per heavy atom. The van der Waals surface area contributed by atoms with Crippen molar-refractivity contribution in [1.29, 1.82) is 0 Å². The Morgan fingerprint density at radius 2 is 1.86 bits per heavy atom. The molecule has 1 aliphatic carbocycles. The van der Waals surface area contributed by atoms with Crippen LogP contribution in [0.2, 0.25) is 10.0 Å². The second-order valence-electron chi connectivity index (χ2n) is 7.43. The van der Waals surface area contributed by atoms with Gasteiger partial charge in [-0.2, -0.15) is 0 Å². The molecule has 2 aromatic rings. The Hall–Kier alpha value is -1.11. The molecule has 2 aromatic carbocycles. The number of hydrogen-bond acceptors (Lipinski definition) is 3. The van der Waals surface area contributed by atoms with Gasteiger partial charge in [0.25, 0.3) is 0 Å². The zero-order valence-electron chi connectivity index (χ0n) is 15.9. The average Bonchev–Trinajstić information content (AvgIpc) is 2.65. The molecule has 152 valence electrons. The number of aryl methyl sites for hydroxylation is 1. The molecule has 0 heterocycles. The molecule has 0 amide bonds. The Balaban J connectivity index is 1.83. The largest absolute Gasteiger partial charge is 0.327 e. The van der Waals surface area contributed by atoms with Crippen molar-refractivity contribution in [1.82, 2.24) is 4.72 Å². The van der Waals surface area contributed by atoms with Crippen molar-refractivity contribution in [3.05, 3.63) is 68.7 Å². The highest BCUT2D eigenvalue weighted by atomic mass is 35.5. The smallest absolute Gasteiger partial charge is 0.211 e. The lowest BCUT2D eigenvalue weighted by Gasteiger charge is -2.32. The van der Waals surface area contributed by atoms with Gasteiger partial charge in [-0.1, -0.05) is 54.4 Å². The molecule has 3 rings (SSSR count). The summed E-state index contributed by atoms with van der Waals surface area (Å²) in [6.07, 6.45) is 3.24. The predicted molar refractivity (Wildman–Crippen MR) is 117 cm³/mol. The van der Waals surface area contributed by atoms with Crippen LogP contribution in [0.15, 0.2) is 36.4 Å².